The molecule has 3 aromatic heterocycles. The van der Waals surface area contributed by atoms with Crippen molar-refractivity contribution in [3.63, 3.8) is 0 Å². The number of hydrogen-bond donors (Lipinski definition) is 0. The Morgan fingerprint density at radius 2 is 1.91 bits per heavy atom. The van der Waals surface area contributed by atoms with Gasteiger partial charge in [0.05, 0.1) is 29.3 Å². The van der Waals surface area contributed by atoms with E-state index in [1.165, 1.54) is 6.20 Å². The Labute approximate surface area is 201 Å². The van der Waals surface area contributed by atoms with Crippen LogP contribution in [0.2, 0.25) is 0 Å². The lowest BCUT2D eigenvalue weighted by Gasteiger charge is -2.13. The molecule has 35 heavy (non-hydrogen) atoms. The summed E-state index contributed by atoms with van der Waals surface area (Å²) in [5.41, 5.74) is 5.08. The third-order valence-electron chi connectivity index (χ3n) is 6.00. The molecule has 168 valence electrons. The fourth-order valence-corrected chi connectivity index (χ4v) is 4.22. The fraction of sp³-hybridized carbons (Fsp3) is 0.111. The monoisotopic (exact) mass is 457 g/mol. The van der Waals surface area contributed by atoms with Crippen molar-refractivity contribution in [1.29, 1.82) is 10.5 Å². The molecule has 0 aliphatic rings. The second-order valence-corrected chi connectivity index (χ2v) is 8.24. The summed E-state index contributed by atoms with van der Waals surface area (Å²) in [6.45, 7) is 1.82. The predicted octanol–water partition coefficient (Wildman–Crippen LogP) is 4.03. The van der Waals surface area contributed by atoms with Crippen LogP contribution in [0.1, 0.15) is 44.0 Å². The van der Waals surface area contributed by atoms with Crippen LogP contribution in [0.5, 0.6) is 0 Å². The molecular formula is C27H19N7O. The molecule has 2 aromatic carbocycles. The van der Waals surface area contributed by atoms with E-state index in [-0.39, 0.29) is 11.5 Å². The maximum atomic E-state index is 13.1. The predicted molar refractivity (Wildman–Crippen MR) is 129 cm³/mol. The summed E-state index contributed by atoms with van der Waals surface area (Å²) in [6.07, 6.45) is 7.01. The van der Waals surface area contributed by atoms with Gasteiger partial charge in [0, 0.05) is 42.4 Å². The molecule has 0 unspecified atom stereocenters. The molecule has 0 amide bonds. The Kier molecular flexibility index (Phi) is 5.40. The number of rotatable bonds is 5. The number of nitriles is 2. The van der Waals surface area contributed by atoms with Crippen LogP contribution in [0.3, 0.4) is 0 Å². The van der Waals surface area contributed by atoms with Gasteiger partial charge in [-0.3, -0.25) is 4.79 Å². The Morgan fingerprint density at radius 1 is 1.11 bits per heavy atom. The highest BCUT2D eigenvalue weighted by Gasteiger charge is 2.20. The van der Waals surface area contributed by atoms with Gasteiger partial charge in [-0.05, 0) is 48.4 Å². The second-order valence-electron chi connectivity index (χ2n) is 8.24. The van der Waals surface area contributed by atoms with E-state index < -0.39 is 0 Å². The molecule has 0 saturated heterocycles. The van der Waals surface area contributed by atoms with Crippen molar-refractivity contribution in [3.05, 3.63) is 107 Å². The number of benzene rings is 2. The van der Waals surface area contributed by atoms with Crippen LogP contribution in [0.4, 0.5) is 0 Å². The molecule has 8 heteroatoms. The van der Waals surface area contributed by atoms with Gasteiger partial charge in [0.15, 0.2) is 0 Å². The molecule has 0 fully saturated rings. The number of fused-ring (bicyclic) bond motifs is 1. The average Bonchev–Trinajstić information content (AvgIpc) is 3.56. The molecule has 0 spiro atoms. The smallest absolute Gasteiger partial charge is 0.211 e. The number of aryl methyl sites for hydroxylation is 2. The summed E-state index contributed by atoms with van der Waals surface area (Å²) in [5.74, 6) is -0.195. The molecule has 0 saturated carbocycles. The van der Waals surface area contributed by atoms with Gasteiger partial charge in [-0.25, -0.2) is 14.6 Å². The number of carbonyl (C=O) groups is 1. The summed E-state index contributed by atoms with van der Waals surface area (Å²) in [6, 6.07) is 17.5. The molecular weight excluding hydrogens is 438 g/mol. The van der Waals surface area contributed by atoms with E-state index in [9.17, 15) is 15.3 Å². The SMILES string of the molecule is Cc1cc(C(=O)c2cncn2C)cc2c(C#N)c(Cc3ccc(-n4cccn4)cc3)c(C#N)nc12. The molecule has 0 aliphatic heterocycles. The zero-order valence-corrected chi connectivity index (χ0v) is 19.1. The summed E-state index contributed by atoms with van der Waals surface area (Å²) in [7, 11) is 1.76. The van der Waals surface area contributed by atoms with E-state index >= 15 is 0 Å². The highest BCUT2D eigenvalue weighted by Crippen LogP contribution is 2.29. The van der Waals surface area contributed by atoms with Crippen LogP contribution in [0, 0.1) is 29.6 Å². The van der Waals surface area contributed by atoms with Gasteiger partial charge in [0.1, 0.15) is 23.5 Å². The zero-order valence-electron chi connectivity index (χ0n) is 19.1. The summed E-state index contributed by atoms with van der Waals surface area (Å²) in [5, 5.41) is 24.8. The maximum Gasteiger partial charge on any atom is 0.211 e. The minimum atomic E-state index is -0.195. The summed E-state index contributed by atoms with van der Waals surface area (Å²) >= 11 is 0. The molecule has 5 rings (SSSR count). The van der Waals surface area contributed by atoms with Crippen LogP contribution in [0.15, 0.2) is 67.4 Å². The Hall–Kier alpha value is -5.08. The highest BCUT2D eigenvalue weighted by molar-refractivity contribution is 6.10. The van der Waals surface area contributed by atoms with E-state index in [1.54, 1.807) is 41.0 Å². The van der Waals surface area contributed by atoms with Gasteiger partial charge in [0.2, 0.25) is 5.78 Å². The van der Waals surface area contributed by atoms with E-state index in [2.05, 4.69) is 27.2 Å². The Balaban J connectivity index is 1.62. The molecule has 0 atom stereocenters. The number of aromatic nitrogens is 5. The number of ketones is 1. The van der Waals surface area contributed by atoms with Gasteiger partial charge in [-0.15, -0.1) is 0 Å². The first-order chi connectivity index (χ1) is 17.0. The van der Waals surface area contributed by atoms with Crippen molar-refractivity contribution in [1.82, 2.24) is 24.3 Å². The second kappa shape index (κ2) is 8.69. The third-order valence-corrected chi connectivity index (χ3v) is 6.00. The van der Waals surface area contributed by atoms with Crippen LogP contribution < -0.4 is 0 Å². The average molecular weight is 457 g/mol. The van der Waals surface area contributed by atoms with E-state index in [4.69, 9.17) is 0 Å². The molecule has 0 N–H and O–H groups in total. The van der Waals surface area contributed by atoms with E-state index in [1.807, 2.05) is 43.5 Å². The summed E-state index contributed by atoms with van der Waals surface area (Å²) in [4.78, 5) is 21.7. The number of nitrogens with zero attached hydrogens (tertiary/aromatic N) is 7. The van der Waals surface area contributed by atoms with Gasteiger partial charge in [-0.2, -0.15) is 15.6 Å². The standard InChI is InChI=1S/C27H19N7O/c1-17-10-19(27(35)25-15-30-16-33(25)2)12-22-23(13-28)21(24(14-29)32-26(17)22)11-18-4-6-20(7-5-18)34-9-3-8-31-34/h3-10,12,15-16H,11H2,1-2H3. The van der Waals surface area contributed by atoms with Crippen LogP contribution in [-0.4, -0.2) is 30.1 Å². The largest absolute Gasteiger partial charge is 0.331 e. The van der Waals surface area contributed by atoms with E-state index in [0.29, 0.717) is 39.7 Å². The lowest BCUT2D eigenvalue weighted by molar-refractivity contribution is 0.103. The Bertz CT molecular complexity index is 1660. The van der Waals surface area contributed by atoms with Gasteiger partial charge >= 0.3 is 0 Å². The molecule has 0 bridgehead atoms. The number of carbonyl (C=O) groups excluding carboxylic acids is 1. The first-order valence-corrected chi connectivity index (χ1v) is 10.9. The topological polar surface area (TPSA) is 113 Å². The number of hydrogen-bond acceptors (Lipinski definition) is 6. The lowest BCUT2D eigenvalue weighted by atomic mass is 9.92. The quantitative estimate of drug-likeness (QED) is 0.368. The van der Waals surface area contributed by atoms with Crippen molar-refractivity contribution in [3.8, 4) is 17.8 Å². The lowest BCUT2D eigenvalue weighted by Crippen LogP contribution is -2.09. The van der Waals surface area contributed by atoms with Crippen LogP contribution in [-0.2, 0) is 13.5 Å². The number of imidazole rings is 1. The molecule has 0 aliphatic carbocycles. The Morgan fingerprint density at radius 3 is 2.54 bits per heavy atom. The number of pyridine rings is 1. The normalized spacial score (nSPS) is 10.7. The van der Waals surface area contributed by atoms with Crippen molar-refractivity contribution >= 4 is 16.7 Å². The molecule has 3 heterocycles. The first kappa shape index (κ1) is 21.7. The van der Waals surface area contributed by atoms with Crippen molar-refractivity contribution in [2.24, 2.45) is 7.05 Å². The minimum absolute atomic E-state index is 0.195. The molecule has 8 nitrogen and oxygen atoms in total. The first-order valence-electron chi connectivity index (χ1n) is 10.9. The van der Waals surface area contributed by atoms with Crippen LogP contribution in [0.25, 0.3) is 16.6 Å². The van der Waals surface area contributed by atoms with Crippen molar-refractivity contribution in [2.75, 3.05) is 0 Å². The van der Waals surface area contributed by atoms with Gasteiger partial charge in [0.25, 0.3) is 0 Å². The summed E-state index contributed by atoms with van der Waals surface area (Å²) < 4.78 is 3.41. The van der Waals surface area contributed by atoms with Gasteiger partial charge < -0.3 is 4.57 Å². The van der Waals surface area contributed by atoms with Gasteiger partial charge in [-0.1, -0.05) is 12.1 Å². The molecule has 0 radical (unpaired) electrons. The third kappa shape index (κ3) is 3.84. The minimum Gasteiger partial charge on any atom is -0.331 e. The van der Waals surface area contributed by atoms with Crippen molar-refractivity contribution < 1.29 is 4.79 Å². The van der Waals surface area contributed by atoms with Crippen LogP contribution >= 0.6 is 0 Å². The maximum absolute atomic E-state index is 13.1. The van der Waals surface area contributed by atoms with Crippen molar-refractivity contribution in [2.45, 2.75) is 13.3 Å². The van der Waals surface area contributed by atoms with E-state index in [0.717, 1.165) is 16.8 Å². The zero-order chi connectivity index (χ0) is 24.5. The molecule has 5 aromatic rings. The highest BCUT2D eigenvalue weighted by atomic mass is 16.1. The fourth-order valence-electron chi connectivity index (χ4n) is 4.22.